The van der Waals surface area contributed by atoms with Gasteiger partial charge in [0.2, 0.25) is 0 Å². The minimum Gasteiger partial charge on any atom is -0.497 e. The molecule has 106 valence electrons. The molecule has 1 fully saturated rings. The van der Waals surface area contributed by atoms with Crippen LogP contribution in [0, 0.1) is 0 Å². The van der Waals surface area contributed by atoms with Gasteiger partial charge in [0, 0.05) is 23.6 Å². The molecule has 19 heavy (non-hydrogen) atoms. The van der Waals surface area contributed by atoms with Crippen molar-refractivity contribution in [3.63, 3.8) is 0 Å². The van der Waals surface area contributed by atoms with Crippen LogP contribution < -0.4 is 19.9 Å². The molecule has 0 aliphatic heterocycles. The smallest absolute Gasteiger partial charge is 0.164 e. The Morgan fingerprint density at radius 3 is 2.21 bits per heavy atom. The van der Waals surface area contributed by atoms with Gasteiger partial charge in [-0.3, -0.25) is 0 Å². The quantitative estimate of drug-likeness (QED) is 0.888. The van der Waals surface area contributed by atoms with E-state index in [0.29, 0.717) is 12.3 Å². The summed E-state index contributed by atoms with van der Waals surface area (Å²) < 4.78 is 16.4. The zero-order valence-corrected chi connectivity index (χ0v) is 12.0. The lowest BCUT2D eigenvalue weighted by Crippen LogP contribution is -2.32. The van der Waals surface area contributed by atoms with E-state index < -0.39 is 0 Å². The van der Waals surface area contributed by atoms with E-state index in [2.05, 4.69) is 0 Å². The van der Waals surface area contributed by atoms with E-state index in [9.17, 15) is 0 Å². The highest BCUT2D eigenvalue weighted by Crippen LogP contribution is 2.48. The molecular formula is C15H23NO3. The van der Waals surface area contributed by atoms with Crippen LogP contribution in [0.2, 0.25) is 0 Å². The van der Waals surface area contributed by atoms with Crippen molar-refractivity contribution in [2.45, 2.75) is 31.1 Å². The van der Waals surface area contributed by atoms with E-state index in [1.165, 1.54) is 12.8 Å². The van der Waals surface area contributed by atoms with Gasteiger partial charge in [-0.1, -0.05) is 12.8 Å². The van der Waals surface area contributed by atoms with Crippen LogP contribution in [0.3, 0.4) is 0 Å². The summed E-state index contributed by atoms with van der Waals surface area (Å²) in [5.41, 5.74) is 7.18. The summed E-state index contributed by atoms with van der Waals surface area (Å²) in [4.78, 5) is 0. The molecule has 1 saturated carbocycles. The standard InChI is InChI=1S/C15H23NO3/c1-17-11-8-12(14(19-3)13(9-11)18-2)15(10-16)6-4-5-7-15/h8-9H,4-7,10,16H2,1-3H3. The SMILES string of the molecule is COc1cc(OC)c(OC)c(C2(CN)CCCC2)c1. The number of benzene rings is 1. The molecule has 0 unspecified atom stereocenters. The van der Waals surface area contributed by atoms with Crippen LogP contribution in [-0.2, 0) is 5.41 Å². The molecule has 4 nitrogen and oxygen atoms in total. The topological polar surface area (TPSA) is 53.7 Å². The lowest BCUT2D eigenvalue weighted by atomic mass is 9.78. The van der Waals surface area contributed by atoms with Gasteiger partial charge < -0.3 is 19.9 Å². The van der Waals surface area contributed by atoms with E-state index >= 15 is 0 Å². The van der Waals surface area contributed by atoms with E-state index in [0.717, 1.165) is 29.9 Å². The first-order valence-electron chi connectivity index (χ1n) is 6.71. The molecule has 0 amide bonds. The summed E-state index contributed by atoms with van der Waals surface area (Å²) in [6.45, 7) is 0.625. The highest BCUT2D eigenvalue weighted by atomic mass is 16.5. The van der Waals surface area contributed by atoms with Crippen molar-refractivity contribution in [2.24, 2.45) is 5.73 Å². The van der Waals surface area contributed by atoms with Crippen LogP contribution in [-0.4, -0.2) is 27.9 Å². The molecule has 0 atom stereocenters. The zero-order chi connectivity index (χ0) is 13.9. The molecule has 1 aliphatic carbocycles. The molecule has 0 bridgehead atoms. The predicted octanol–water partition coefficient (Wildman–Crippen LogP) is 2.48. The normalized spacial score (nSPS) is 17.3. The van der Waals surface area contributed by atoms with Crippen molar-refractivity contribution < 1.29 is 14.2 Å². The molecule has 0 radical (unpaired) electrons. The Bertz CT molecular complexity index is 439. The maximum atomic E-state index is 6.07. The second kappa shape index (κ2) is 5.70. The second-order valence-corrected chi connectivity index (χ2v) is 5.10. The van der Waals surface area contributed by atoms with Crippen LogP contribution in [0.5, 0.6) is 17.2 Å². The summed E-state index contributed by atoms with van der Waals surface area (Å²) in [6, 6.07) is 3.89. The second-order valence-electron chi connectivity index (χ2n) is 5.10. The summed E-state index contributed by atoms with van der Waals surface area (Å²) in [5.74, 6) is 2.28. The molecule has 2 N–H and O–H groups in total. The molecule has 0 heterocycles. The number of methoxy groups -OCH3 is 3. The number of hydrogen-bond acceptors (Lipinski definition) is 4. The monoisotopic (exact) mass is 265 g/mol. The van der Waals surface area contributed by atoms with Crippen molar-refractivity contribution in [3.05, 3.63) is 17.7 Å². The minimum absolute atomic E-state index is 0.00678. The highest BCUT2D eigenvalue weighted by Gasteiger charge is 2.38. The largest absolute Gasteiger partial charge is 0.497 e. The van der Waals surface area contributed by atoms with Gasteiger partial charge in [0.25, 0.3) is 0 Å². The Balaban J connectivity index is 2.59. The first kappa shape index (κ1) is 14.0. The van der Waals surface area contributed by atoms with Crippen LogP contribution >= 0.6 is 0 Å². The lowest BCUT2D eigenvalue weighted by Gasteiger charge is -2.30. The van der Waals surface area contributed by atoms with E-state index in [4.69, 9.17) is 19.9 Å². The third kappa shape index (κ3) is 2.37. The Morgan fingerprint density at radius 2 is 1.74 bits per heavy atom. The minimum atomic E-state index is -0.00678. The molecule has 0 saturated heterocycles. The van der Waals surface area contributed by atoms with Crippen LogP contribution in [0.15, 0.2) is 12.1 Å². The van der Waals surface area contributed by atoms with Crippen molar-refractivity contribution in [3.8, 4) is 17.2 Å². The van der Waals surface area contributed by atoms with Gasteiger partial charge in [0.05, 0.1) is 21.3 Å². The van der Waals surface area contributed by atoms with E-state index in [-0.39, 0.29) is 5.41 Å². The van der Waals surface area contributed by atoms with E-state index in [1.54, 1.807) is 21.3 Å². The number of hydrogen-bond donors (Lipinski definition) is 1. The van der Waals surface area contributed by atoms with Gasteiger partial charge in [-0.15, -0.1) is 0 Å². The Kier molecular flexibility index (Phi) is 4.20. The average molecular weight is 265 g/mol. The average Bonchev–Trinajstić information content (AvgIpc) is 2.95. The Labute approximate surface area is 114 Å². The number of rotatable bonds is 5. The van der Waals surface area contributed by atoms with Crippen LogP contribution in [0.1, 0.15) is 31.2 Å². The maximum absolute atomic E-state index is 6.07. The predicted molar refractivity (Wildman–Crippen MR) is 75.3 cm³/mol. The lowest BCUT2D eigenvalue weighted by molar-refractivity contribution is 0.330. The molecule has 1 aromatic rings. The molecule has 0 spiro atoms. The van der Waals surface area contributed by atoms with Crippen molar-refractivity contribution >= 4 is 0 Å². The van der Waals surface area contributed by atoms with Gasteiger partial charge >= 0.3 is 0 Å². The molecular weight excluding hydrogens is 242 g/mol. The van der Waals surface area contributed by atoms with Gasteiger partial charge in [0.15, 0.2) is 11.5 Å². The van der Waals surface area contributed by atoms with Gasteiger partial charge in [-0.05, 0) is 18.9 Å². The summed E-state index contributed by atoms with van der Waals surface area (Å²) in [6.07, 6.45) is 4.60. The summed E-state index contributed by atoms with van der Waals surface area (Å²) in [5, 5.41) is 0. The van der Waals surface area contributed by atoms with Crippen LogP contribution in [0.25, 0.3) is 0 Å². The van der Waals surface area contributed by atoms with Crippen LogP contribution in [0.4, 0.5) is 0 Å². The zero-order valence-electron chi connectivity index (χ0n) is 12.0. The van der Waals surface area contributed by atoms with Gasteiger partial charge in [-0.25, -0.2) is 0 Å². The van der Waals surface area contributed by atoms with E-state index in [1.807, 2.05) is 12.1 Å². The van der Waals surface area contributed by atoms with Crippen molar-refractivity contribution in [1.82, 2.24) is 0 Å². The number of nitrogens with two attached hydrogens (primary N) is 1. The molecule has 2 rings (SSSR count). The fourth-order valence-electron chi connectivity index (χ4n) is 3.09. The third-order valence-corrected chi connectivity index (χ3v) is 4.21. The Morgan fingerprint density at radius 1 is 1.05 bits per heavy atom. The first-order chi connectivity index (χ1) is 9.20. The molecule has 1 aromatic carbocycles. The fourth-order valence-corrected chi connectivity index (χ4v) is 3.09. The van der Waals surface area contributed by atoms with Gasteiger partial charge in [0.1, 0.15) is 5.75 Å². The highest BCUT2D eigenvalue weighted by molar-refractivity contribution is 5.55. The summed E-state index contributed by atoms with van der Waals surface area (Å²) in [7, 11) is 4.98. The fraction of sp³-hybridized carbons (Fsp3) is 0.600. The Hall–Kier alpha value is -1.42. The van der Waals surface area contributed by atoms with Gasteiger partial charge in [-0.2, -0.15) is 0 Å². The third-order valence-electron chi connectivity index (χ3n) is 4.21. The summed E-state index contributed by atoms with van der Waals surface area (Å²) >= 11 is 0. The first-order valence-corrected chi connectivity index (χ1v) is 6.71. The van der Waals surface area contributed by atoms with Crippen molar-refractivity contribution in [1.29, 1.82) is 0 Å². The van der Waals surface area contributed by atoms with Crippen molar-refractivity contribution in [2.75, 3.05) is 27.9 Å². The molecule has 0 aromatic heterocycles. The molecule has 4 heteroatoms. The number of ether oxygens (including phenoxy) is 3. The molecule has 1 aliphatic rings. The maximum Gasteiger partial charge on any atom is 0.164 e.